The van der Waals surface area contributed by atoms with Crippen LogP contribution in [0.15, 0.2) is 11.8 Å². The zero-order chi connectivity index (χ0) is 10.3. The maximum atomic E-state index is 11.1. The van der Waals surface area contributed by atoms with Crippen LogP contribution in [0.5, 0.6) is 0 Å². The van der Waals surface area contributed by atoms with Crippen molar-refractivity contribution in [3.8, 4) is 0 Å². The number of nitrogens with one attached hydrogen (secondary N) is 1. The van der Waals surface area contributed by atoms with Gasteiger partial charge in [0.2, 0.25) is 0 Å². The molecule has 2 heteroatoms. The van der Waals surface area contributed by atoms with Gasteiger partial charge in [0.15, 0.2) is 5.78 Å². The van der Waals surface area contributed by atoms with E-state index in [9.17, 15) is 4.79 Å². The van der Waals surface area contributed by atoms with Crippen molar-refractivity contribution in [2.24, 2.45) is 0 Å². The summed E-state index contributed by atoms with van der Waals surface area (Å²) in [5.74, 6) is 0.202. The van der Waals surface area contributed by atoms with Crippen molar-refractivity contribution in [3.63, 3.8) is 0 Å². The standard InChI is InChI=1S/C11H21NO/c1-5-9(4)12-10(6-2)8-11(13)7-3/h8-9,12H,5-7H2,1-4H3/b10-8-. The SMILES string of the molecule is CCC(=O)/C=C(/CC)NC(C)CC. The maximum absolute atomic E-state index is 11.1. The Labute approximate surface area is 81.4 Å². The lowest BCUT2D eigenvalue weighted by atomic mass is 10.2. The van der Waals surface area contributed by atoms with Crippen molar-refractivity contribution in [2.45, 2.75) is 53.0 Å². The van der Waals surface area contributed by atoms with Crippen LogP contribution in [0.4, 0.5) is 0 Å². The smallest absolute Gasteiger partial charge is 0.157 e. The molecule has 0 aromatic rings. The minimum atomic E-state index is 0.202. The molecule has 0 aromatic heterocycles. The number of hydrogen-bond donors (Lipinski definition) is 1. The zero-order valence-electron chi connectivity index (χ0n) is 9.18. The molecule has 0 spiro atoms. The molecular formula is C11H21NO. The second-order valence-corrected chi connectivity index (χ2v) is 3.30. The van der Waals surface area contributed by atoms with E-state index in [0.717, 1.165) is 18.5 Å². The second kappa shape index (κ2) is 6.70. The lowest BCUT2D eigenvalue weighted by Gasteiger charge is -2.14. The molecule has 0 saturated carbocycles. The van der Waals surface area contributed by atoms with E-state index in [1.165, 1.54) is 0 Å². The lowest BCUT2D eigenvalue weighted by Crippen LogP contribution is -2.24. The van der Waals surface area contributed by atoms with Crippen LogP contribution in [0.1, 0.15) is 47.0 Å². The summed E-state index contributed by atoms with van der Waals surface area (Å²) in [5, 5.41) is 3.32. The molecule has 0 fully saturated rings. The summed E-state index contributed by atoms with van der Waals surface area (Å²) in [6.45, 7) is 8.20. The van der Waals surface area contributed by atoms with Gasteiger partial charge in [0.25, 0.3) is 0 Å². The summed E-state index contributed by atoms with van der Waals surface area (Å²) < 4.78 is 0. The quantitative estimate of drug-likeness (QED) is 0.641. The third-order valence-corrected chi connectivity index (χ3v) is 2.11. The highest BCUT2D eigenvalue weighted by atomic mass is 16.1. The van der Waals surface area contributed by atoms with Crippen LogP contribution in [-0.2, 0) is 4.79 Å². The van der Waals surface area contributed by atoms with Crippen LogP contribution in [-0.4, -0.2) is 11.8 Å². The van der Waals surface area contributed by atoms with Crippen LogP contribution in [0, 0.1) is 0 Å². The molecule has 0 rings (SSSR count). The van der Waals surface area contributed by atoms with Gasteiger partial charge in [0.1, 0.15) is 0 Å². The highest BCUT2D eigenvalue weighted by Crippen LogP contribution is 2.01. The monoisotopic (exact) mass is 183 g/mol. The summed E-state index contributed by atoms with van der Waals surface area (Å²) in [5.41, 5.74) is 1.06. The maximum Gasteiger partial charge on any atom is 0.157 e. The molecule has 2 nitrogen and oxygen atoms in total. The third-order valence-electron chi connectivity index (χ3n) is 2.11. The molecule has 76 valence electrons. The number of hydrogen-bond acceptors (Lipinski definition) is 2. The fraction of sp³-hybridized carbons (Fsp3) is 0.727. The molecule has 1 unspecified atom stereocenters. The zero-order valence-corrected chi connectivity index (χ0v) is 9.18. The van der Waals surface area contributed by atoms with Crippen molar-refractivity contribution >= 4 is 5.78 Å². The molecule has 0 aliphatic rings. The van der Waals surface area contributed by atoms with Crippen LogP contribution in [0.3, 0.4) is 0 Å². The minimum Gasteiger partial charge on any atom is -0.386 e. The van der Waals surface area contributed by atoms with Crippen LogP contribution < -0.4 is 5.32 Å². The van der Waals surface area contributed by atoms with E-state index < -0.39 is 0 Å². The van der Waals surface area contributed by atoms with Gasteiger partial charge in [-0.3, -0.25) is 4.79 Å². The molecule has 0 aliphatic heterocycles. The predicted octanol–water partition coefficient (Wildman–Crippen LogP) is 2.65. The van der Waals surface area contributed by atoms with E-state index in [1.54, 1.807) is 6.08 Å². The van der Waals surface area contributed by atoms with Gasteiger partial charge in [-0.05, 0) is 25.8 Å². The Balaban J connectivity index is 4.16. The Morgan fingerprint density at radius 1 is 1.31 bits per heavy atom. The van der Waals surface area contributed by atoms with Gasteiger partial charge in [-0.25, -0.2) is 0 Å². The normalized spacial score (nSPS) is 14.0. The van der Waals surface area contributed by atoms with E-state index in [2.05, 4.69) is 26.1 Å². The predicted molar refractivity (Wildman–Crippen MR) is 56.6 cm³/mol. The second-order valence-electron chi connectivity index (χ2n) is 3.30. The molecule has 0 heterocycles. The minimum absolute atomic E-state index is 0.202. The number of allylic oxidation sites excluding steroid dienone is 2. The Bertz CT molecular complexity index is 185. The Kier molecular flexibility index (Phi) is 6.29. The van der Waals surface area contributed by atoms with Crippen molar-refractivity contribution in [1.82, 2.24) is 5.32 Å². The molecule has 1 N–H and O–H groups in total. The largest absolute Gasteiger partial charge is 0.386 e. The van der Waals surface area contributed by atoms with Gasteiger partial charge in [-0.1, -0.05) is 20.8 Å². The van der Waals surface area contributed by atoms with Crippen LogP contribution in [0.2, 0.25) is 0 Å². The first-order valence-electron chi connectivity index (χ1n) is 5.13. The fourth-order valence-corrected chi connectivity index (χ4v) is 0.961. The lowest BCUT2D eigenvalue weighted by molar-refractivity contribution is -0.114. The van der Waals surface area contributed by atoms with Crippen molar-refractivity contribution < 1.29 is 4.79 Å². The number of carbonyl (C=O) groups excluding carboxylic acids is 1. The van der Waals surface area contributed by atoms with E-state index in [4.69, 9.17) is 0 Å². The van der Waals surface area contributed by atoms with E-state index in [-0.39, 0.29) is 5.78 Å². The number of carbonyl (C=O) groups is 1. The topological polar surface area (TPSA) is 29.1 Å². The molecule has 0 aromatic carbocycles. The van der Waals surface area contributed by atoms with Crippen molar-refractivity contribution in [2.75, 3.05) is 0 Å². The molecule has 0 bridgehead atoms. The molecule has 0 aliphatic carbocycles. The van der Waals surface area contributed by atoms with Crippen LogP contribution >= 0.6 is 0 Å². The summed E-state index contributed by atoms with van der Waals surface area (Å²) in [6, 6.07) is 0.454. The Hall–Kier alpha value is -0.790. The Morgan fingerprint density at radius 2 is 1.92 bits per heavy atom. The van der Waals surface area contributed by atoms with Gasteiger partial charge in [0, 0.05) is 18.2 Å². The fourth-order valence-electron chi connectivity index (χ4n) is 0.961. The molecule has 0 amide bonds. The van der Waals surface area contributed by atoms with Gasteiger partial charge in [-0.15, -0.1) is 0 Å². The third kappa shape index (κ3) is 5.45. The highest BCUT2D eigenvalue weighted by Gasteiger charge is 2.01. The first kappa shape index (κ1) is 12.2. The molecule has 0 saturated heterocycles. The van der Waals surface area contributed by atoms with Crippen LogP contribution in [0.25, 0.3) is 0 Å². The first-order valence-corrected chi connectivity index (χ1v) is 5.13. The average Bonchev–Trinajstić information content (AvgIpc) is 2.16. The molecular weight excluding hydrogens is 162 g/mol. The van der Waals surface area contributed by atoms with Crippen molar-refractivity contribution in [1.29, 1.82) is 0 Å². The first-order chi connectivity index (χ1) is 6.13. The summed E-state index contributed by atoms with van der Waals surface area (Å²) in [6.07, 6.45) is 4.30. The van der Waals surface area contributed by atoms with E-state index in [1.807, 2.05) is 6.92 Å². The number of ketones is 1. The molecule has 13 heavy (non-hydrogen) atoms. The van der Waals surface area contributed by atoms with E-state index in [0.29, 0.717) is 12.5 Å². The summed E-state index contributed by atoms with van der Waals surface area (Å²) >= 11 is 0. The molecule has 0 radical (unpaired) electrons. The average molecular weight is 183 g/mol. The number of rotatable bonds is 6. The van der Waals surface area contributed by atoms with Gasteiger partial charge in [0.05, 0.1) is 0 Å². The molecule has 1 atom stereocenters. The summed E-state index contributed by atoms with van der Waals surface area (Å²) in [4.78, 5) is 11.1. The van der Waals surface area contributed by atoms with Gasteiger partial charge < -0.3 is 5.32 Å². The van der Waals surface area contributed by atoms with E-state index >= 15 is 0 Å². The van der Waals surface area contributed by atoms with Gasteiger partial charge in [-0.2, -0.15) is 0 Å². The summed E-state index contributed by atoms with van der Waals surface area (Å²) in [7, 11) is 0. The highest BCUT2D eigenvalue weighted by molar-refractivity contribution is 5.89. The Morgan fingerprint density at radius 3 is 2.31 bits per heavy atom. The van der Waals surface area contributed by atoms with Crippen molar-refractivity contribution in [3.05, 3.63) is 11.8 Å². The van der Waals surface area contributed by atoms with Gasteiger partial charge >= 0.3 is 0 Å².